The van der Waals surface area contributed by atoms with Gasteiger partial charge in [-0.1, -0.05) is 20.3 Å². The summed E-state index contributed by atoms with van der Waals surface area (Å²) in [6.45, 7) is 5.17. The van der Waals surface area contributed by atoms with Gasteiger partial charge >= 0.3 is 5.97 Å². The van der Waals surface area contributed by atoms with Crippen LogP contribution in [0.2, 0.25) is 0 Å². The van der Waals surface area contributed by atoms with E-state index in [4.69, 9.17) is 5.11 Å². The van der Waals surface area contributed by atoms with Crippen LogP contribution in [0.3, 0.4) is 0 Å². The molecule has 4 heteroatoms. The maximum atomic E-state index is 11.1. The zero-order valence-electron chi connectivity index (χ0n) is 11.6. The molecule has 2 N–H and O–H groups in total. The van der Waals surface area contributed by atoms with Crippen LogP contribution in [-0.2, 0) is 6.42 Å². The largest absolute Gasteiger partial charge is 0.478 e. The minimum atomic E-state index is -0.894. The Bertz CT molecular complexity index is 459. The summed E-state index contributed by atoms with van der Waals surface area (Å²) in [7, 11) is 0. The van der Waals surface area contributed by atoms with Crippen molar-refractivity contribution in [3.63, 3.8) is 0 Å². The summed E-state index contributed by atoms with van der Waals surface area (Å²) in [5.41, 5.74) is 1.14. The first kappa shape index (κ1) is 13.8. The van der Waals surface area contributed by atoms with Gasteiger partial charge in [-0.05, 0) is 43.2 Å². The summed E-state index contributed by atoms with van der Waals surface area (Å²) in [5.74, 6) is 1.30. The molecule has 1 aromatic heterocycles. The van der Waals surface area contributed by atoms with E-state index in [9.17, 15) is 4.79 Å². The Morgan fingerprint density at radius 1 is 1.47 bits per heavy atom. The molecule has 0 radical (unpaired) electrons. The van der Waals surface area contributed by atoms with Crippen molar-refractivity contribution in [2.45, 2.75) is 39.5 Å². The molecule has 19 heavy (non-hydrogen) atoms. The lowest BCUT2D eigenvalue weighted by Gasteiger charge is -2.13. The number of rotatable bonds is 5. The van der Waals surface area contributed by atoms with Crippen molar-refractivity contribution < 1.29 is 9.90 Å². The zero-order valence-corrected chi connectivity index (χ0v) is 11.6. The first-order valence-electron chi connectivity index (χ1n) is 7.06. The van der Waals surface area contributed by atoms with E-state index >= 15 is 0 Å². The van der Waals surface area contributed by atoms with Gasteiger partial charge in [0.25, 0.3) is 0 Å². The molecule has 0 saturated heterocycles. The fourth-order valence-corrected chi connectivity index (χ4v) is 2.74. The summed E-state index contributed by atoms with van der Waals surface area (Å²) < 4.78 is 0. The Hall–Kier alpha value is -1.58. The molecule has 1 aromatic rings. The quantitative estimate of drug-likeness (QED) is 0.855. The van der Waals surface area contributed by atoms with E-state index in [1.54, 1.807) is 12.1 Å². The third kappa shape index (κ3) is 3.69. The Balaban J connectivity index is 2.02. The molecule has 1 heterocycles. The van der Waals surface area contributed by atoms with Crippen LogP contribution in [-0.4, -0.2) is 22.6 Å². The summed E-state index contributed by atoms with van der Waals surface area (Å²) in [4.78, 5) is 15.5. The molecule has 2 unspecified atom stereocenters. The number of carboxylic acids is 1. The van der Waals surface area contributed by atoms with E-state index in [0.29, 0.717) is 17.3 Å². The number of aromatic carboxylic acids is 1. The molecule has 4 nitrogen and oxygen atoms in total. The molecule has 0 amide bonds. The van der Waals surface area contributed by atoms with E-state index in [2.05, 4.69) is 17.2 Å². The fraction of sp³-hybridized carbons (Fsp3) is 0.600. The SMILES string of the molecule is CCc1cc(C(=O)O)cc(NCC2CCC(C)C2)n1. The van der Waals surface area contributed by atoms with Crippen LogP contribution >= 0.6 is 0 Å². The highest BCUT2D eigenvalue weighted by Gasteiger charge is 2.21. The average molecular weight is 262 g/mol. The number of anilines is 1. The fourth-order valence-electron chi connectivity index (χ4n) is 2.74. The van der Waals surface area contributed by atoms with Gasteiger partial charge < -0.3 is 10.4 Å². The van der Waals surface area contributed by atoms with Gasteiger partial charge in [0, 0.05) is 12.2 Å². The van der Waals surface area contributed by atoms with Crippen molar-refractivity contribution >= 4 is 11.8 Å². The molecular weight excluding hydrogens is 240 g/mol. The van der Waals surface area contributed by atoms with Crippen molar-refractivity contribution in [1.82, 2.24) is 4.98 Å². The molecule has 0 aromatic carbocycles. The summed E-state index contributed by atoms with van der Waals surface area (Å²) in [5, 5.41) is 12.4. The molecule has 0 aliphatic heterocycles. The van der Waals surface area contributed by atoms with Gasteiger partial charge in [0.1, 0.15) is 5.82 Å². The molecule has 0 spiro atoms. The molecule has 1 saturated carbocycles. The number of hydrogen-bond donors (Lipinski definition) is 2. The van der Waals surface area contributed by atoms with Crippen LogP contribution in [0.15, 0.2) is 12.1 Å². The Morgan fingerprint density at radius 2 is 2.26 bits per heavy atom. The van der Waals surface area contributed by atoms with Crippen LogP contribution in [0.1, 0.15) is 49.2 Å². The smallest absolute Gasteiger partial charge is 0.335 e. The highest BCUT2D eigenvalue weighted by atomic mass is 16.4. The second kappa shape index (κ2) is 6.04. The molecule has 2 atom stereocenters. The van der Waals surface area contributed by atoms with Gasteiger partial charge in [-0.25, -0.2) is 9.78 Å². The third-order valence-corrected chi connectivity index (χ3v) is 3.86. The lowest BCUT2D eigenvalue weighted by atomic mass is 10.1. The third-order valence-electron chi connectivity index (χ3n) is 3.86. The minimum Gasteiger partial charge on any atom is -0.478 e. The lowest BCUT2D eigenvalue weighted by molar-refractivity contribution is 0.0696. The number of carbonyl (C=O) groups is 1. The highest BCUT2D eigenvalue weighted by molar-refractivity contribution is 5.88. The van der Waals surface area contributed by atoms with E-state index in [1.165, 1.54) is 19.3 Å². The van der Waals surface area contributed by atoms with Gasteiger partial charge in [-0.15, -0.1) is 0 Å². The van der Waals surface area contributed by atoms with Crippen LogP contribution < -0.4 is 5.32 Å². The predicted octanol–water partition coefficient (Wildman–Crippen LogP) is 3.19. The zero-order chi connectivity index (χ0) is 13.8. The predicted molar refractivity (Wildman–Crippen MR) is 75.6 cm³/mol. The summed E-state index contributed by atoms with van der Waals surface area (Å²) in [6.07, 6.45) is 4.56. The van der Waals surface area contributed by atoms with Crippen LogP contribution in [0.25, 0.3) is 0 Å². The normalized spacial score (nSPS) is 22.4. The van der Waals surface area contributed by atoms with Crippen molar-refractivity contribution in [2.24, 2.45) is 11.8 Å². The number of carboxylic acid groups (broad SMARTS) is 1. The summed E-state index contributed by atoms with van der Waals surface area (Å²) in [6, 6.07) is 3.27. The van der Waals surface area contributed by atoms with Crippen LogP contribution in [0.5, 0.6) is 0 Å². The first-order chi connectivity index (χ1) is 9.08. The molecular formula is C15H22N2O2. The maximum Gasteiger partial charge on any atom is 0.335 e. The topological polar surface area (TPSA) is 62.2 Å². The molecule has 1 aliphatic carbocycles. The van der Waals surface area contributed by atoms with Crippen molar-refractivity contribution in [3.8, 4) is 0 Å². The number of pyridine rings is 1. The van der Waals surface area contributed by atoms with Crippen molar-refractivity contribution in [3.05, 3.63) is 23.4 Å². The number of nitrogens with zero attached hydrogens (tertiary/aromatic N) is 1. The molecule has 1 fully saturated rings. The van der Waals surface area contributed by atoms with Crippen molar-refractivity contribution in [1.29, 1.82) is 0 Å². The summed E-state index contributed by atoms with van der Waals surface area (Å²) >= 11 is 0. The van der Waals surface area contributed by atoms with Crippen LogP contribution in [0.4, 0.5) is 5.82 Å². The van der Waals surface area contributed by atoms with E-state index in [1.807, 2.05) is 6.92 Å². The van der Waals surface area contributed by atoms with Crippen molar-refractivity contribution in [2.75, 3.05) is 11.9 Å². The van der Waals surface area contributed by atoms with E-state index in [0.717, 1.165) is 24.6 Å². The molecule has 1 aliphatic rings. The minimum absolute atomic E-state index is 0.314. The molecule has 0 bridgehead atoms. The van der Waals surface area contributed by atoms with Gasteiger partial charge in [0.05, 0.1) is 5.56 Å². The second-order valence-corrected chi connectivity index (χ2v) is 5.56. The van der Waals surface area contributed by atoms with E-state index < -0.39 is 5.97 Å². The number of aromatic nitrogens is 1. The van der Waals surface area contributed by atoms with Gasteiger partial charge in [-0.2, -0.15) is 0 Å². The average Bonchev–Trinajstić information content (AvgIpc) is 2.81. The Morgan fingerprint density at radius 3 is 2.84 bits per heavy atom. The number of aryl methyl sites for hydroxylation is 1. The number of nitrogens with one attached hydrogen (secondary N) is 1. The first-order valence-corrected chi connectivity index (χ1v) is 7.06. The van der Waals surface area contributed by atoms with Gasteiger partial charge in [0.2, 0.25) is 0 Å². The Kier molecular flexibility index (Phi) is 4.40. The number of hydrogen-bond acceptors (Lipinski definition) is 3. The molecule has 2 rings (SSSR count). The van der Waals surface area contributed by atoms with E-state index in [-0.39, 0.29) is 0 Å². The second-order valence-electron chi connectivity index (χ2n) is 5.56. The van der Waals surface area contributed by atoms with Gasteiger partial charge in [0.15, 0.2) is 0 Å². The standard InChI is InChI=1S/C15H22N2O2/c1-3-13-7-12(15(18)19)8-14(17-13)16-9-11-5-4-10(2)6-11/h7-8,10-11H,3-6,9H2,1-2H3,(H,16,17)(H,18,19). The van der Waals surface area contributed by atoms with Crippen LogP contribution in [0, 0.1) is 11.8 Å². The highest BCUT2D eigenvalue weighted by Crippen LogP contribution is 2.30. The lowest BCUT2D eigenvalue weighted by Crippen LogP contribution is -2.13. The van der Waals surface area contributed by atoms with Gasteiger partial charge in [-0.3, -0.25) is 0 Å². The maximum absolute atomic E-state index is 11.1. The molecule has 104 valence electrons. The Labute approximate surface area is 114 Å². The monoisotopic (exact) mass is 262 g/mol.